The molecule has 0 saturated carbocycles. The number of aromatic nitrogens is 1. The average molecular weight is 369 g/mol. The molecule has 1 aromatic carbocycles. The standard InChI is InChI=1S/C21H27N3O3/c1-14-6-7-17-15(10-14)20(26)16(11-22(17)2)21(27)24-12-18(19(25)13-24)23-8-4-3-5-9-23/h6-7,10-11,18-19,25H,3-5,8-9,12-13H2,1-2H3/t18-,19-/m0/s1. The Balaban J connectivity index is 1.63. The van der Waals surface area contributed by atoms with Crippen molar-refractivity contribution in [2.45, 2.75) is 38.3 Å². The van der Waals surface area contributed by atoms with Gasteiger partial charge in [0.15, 0.2) is 0 Å². The molecule has 2 saturated heterocycles. The minimum absolute atomic E-state index is 0.0270. The molecule has 2 aliphatic rings. The highest BCUT2D eigenvalue weighted by Gasteiger charge is 2.38. The largest absolute Gasteiger partial charge is 0.390 e. The first-order valence-corrected chi connectivity index (χ1v) is 9.77. The molecule has 2 fully saturated rings. The lowest BCUT2D eigenvalue weighted by atomic mass is 10.1. The van der Waals surface area contributed by atoms with Crippen LogP contribution >= 0.6 is 0 Å². The van der Waals surface area contributed by atoms with Crippen molar-refractivity contribution < 1.29 is 9.90 Å². The summed E-state index contributed by atoms with van der Waals surface area (Å²) in [7, 11) is 1.85. The number of aryl methyl sites for hydroxylation is 2. The van der Waals surface area contributed by atoms with Gasteiger partial charge in [0.25, 0.3) is 5.91 Å². The molecule has 2 aromatic rings. The first kappa shape index (κ1) is 18.2. The van der Waals surface area contributed by atoms with Crippen LogP contribution in [0.4, 0.5) is 0 Å². The molecular formula is C21H27N3O3. The number of benzene rings is 1. The molecule has 6 nitrogen and oxygen atoms in total. The van der Waals surface area contributed by atoms with Crippen molar-refractivity contribution in [3.63, 3.8) is 0 Å². The third-order valence-electron chi connectivity index (χ3n) is 5.98. The molecule has 6 heteroatoms. The molecule has 2 aliphatic heterocycles. The van der Waals surface area contributed by atoms with Crippen LogP contribution in [0.15, 0.2) is 29.2 Å². The van der Waals surface area contributed by atoms with Gasteiger partial charge in [0.05, 0.1) is 17.7 Å². The van der Waals surface area contributed by atoms with E-state index in [1.54, 1.807) is 11.1 Å². The maximum atomic E-state index is 13.1. The number of nitrogens with zero attached hydrogens (tertiary/aromatic N) is 3. The van der Waals surface area contributed by atoms with Crippen LogP contribution in [-0.4, -0.2) is 63.7 Å². The van der Waals surface area contributed by atoms with Gasteiger partial charge in [-0.3, -0.25) is 14.5 Å². The number of fused-ring (bicyclic) bond motifs is 1. The average Bonchev–Trinajstić information content (AvgIpc) is 3.06. The summed E-state index contributed by atoms with van der Waals surface area (Å²) in [6.07, 6.45) is 4.58. The van der Waals surface area contributed by atoms with Gasteiger partial charge in [0, 0.05) is 31.7 Å². The van der Waals surface area contributed by atoms with Gasteiger partial charge in [-0.1, -0.05) is 18.1 Å². The molecule has 2 atom stereocenters. The summed E-state index contributed by atoms with van der Waals surface area (Å²) in [5.41, 5.74) is 1.76. The van der Waals surface area contributed by atoms with Gasteiger partial charge in [0.2, 0.25) is 5.43 Å². The van der Waals surface area contributed by atoms with Gasteiger partial charge in [0.1, 0.15) is 5.56 Å². The third-order valence-corrected chi connectivity index (χ3v) is 5.98. The Bertz CT molecular complexity index is 930. The van der Waals surface area contributed by atoms with Crippen LogP contribution in [-0.2, 0) is 7.05 Å². The van der Waals surface area contributed by atoms with Gasteiger partial charge < -0.3 is 14.6 Å². The molecule has 0 bridgehead atoms. The second-order valence-electron chi connectivity index (χ2n) is 7.94. The van der Waals surface area contributed by atoms with Crippen molar-refractivity contribution in [1.29, 1.82) is 0 Å². The number of aliphatic hydroxyl groups excluding tert-OH is 1. The fraction of sp³-hybridized carbons (Fsp3) is 0.524. The van der Waals surface area contributed by atoms with Crippen LogP contribution in [0.2, 0.25) is 0 Å². The van der Waals surface area contributed by atoms with E-state index in [-0.39, 0.29) is 29.5 Å². The van der Waals surface area contributed by atoms with Crippen LogP contribution in [0.25, 0.3) is 10.9 Å². The highest BCUT2D eigenvalue weighted by molar-refractivity contribution is 5.97. The fourth-order valence-corrected chi connectivity index (χ4v) is 4.47. The zero-order valence-electron chi connectivity index (χ0n) is 16.0. The highest BCUT2D eigenvalue weighted by Crippen LogP contribution is 2.22. The Morgan fingerprint density at radius 2 is 1.89 bits per heavy atom. The van der Waals surface area contributed by atoms with Crippen LogP contribution in [0.3, 0.4) is 0 Å². The van der Waals surface area contributed by atoms with E-state index in [2.05, 4.69) is 4.90 Å². The maximum Gasteiger partial charge on any atom is 0.259 e. The summed E-state index contributed by atoms with van der Waals surface area (Å²) >= 11 is 0. The summed E-state index contributed by atoms with van der Waals surface area (Å²) in [6.45, 7) is 4.65. The smallest absolute Gasteiger partial charge is 0.259 e. The Hall–Kier alpha value is -2.18. The number of carbonyl (C=O) groups excluding carboxylic acids is 1. The predicted octanol–water partition coefficient (Wildman–Crippen LogP) is 1.52. The van der Waals surface area contributed by atoms with Gasteiger partial charge in [-0.15, -0.1) is 0 Å². The molecule has 1 N–H and O–H groups in total. The van der Waals surface area contributed by atoms with E-state index < -0.39 is 6.10 Å². The van der Waals surface area contributed by atoms with Crippen molar-refractivity contribution in [1.82, 2.24) is 14.4 Å². The maximum absolute atomic E-state index is 13.1. The molecule has 0 unspecified atom stereocenters. The zero-order valence-corrected chi connectivity index (χ0v) is 16.0. The van der Waals surface area contributed by atoms with E-state index in [0.717, 1.165) is 37.0 Å². The van der Waals surface area contributed by atoms with Gasteiger partial charge in [-0.2, -0.15) is 0 Å². The minimum atomic E-state index is -0.557. The van der Waals surface area contributed by atoms with Crippen molar-refractivity contribution in [2.24, 2.45) is 7.05 Å². The van der Waals surface area contributed by atoms with Gasteiger partial charge in [-0.25, -0.2) is 0 Å². The monoisotopic (exact) mass is 369 g/mol. The normalized spacial score (nSPS) is 23.9. The van der Waals surface area contributed by atoms with Crippen LogP contribution in [0, 0.1) is 6.92 Å². The van der Waals surface area contributed by atoms with Crippen molar-refractivity contribution in [3.05, 3.63) is 45.7 Å². The molecule has 0 radical (unpaired) electrons. The molecule has 27 heavy (non-hydrogen) atoms. The second kappa shape index (κ2) is 7.09. The van der Waals surface area contributed by atoms with E-state index in [9.17, 15) is 14.7 Å². The fourth-order valence-electron chi connectivity index (χ4n) is 4.47. The van der Waals surface area contributed by atoms with Crippen molar-refractivity contribution in [3.8, 4) is 0 Å². The number of likely N-dealkylation sites (tertiary alicyclic amines) is 2. The number of hydrogen-bond acceptors (Lipinski definition) is 4. The van der Waals surface area contributed by atoms with Crippen LogP contribution in [0.1, 0.15) is 35.2 Å². The summed E-state index contributed by atoms with van der Waals surface area (Å²) in [4.78, 5) is 30.0. The lowest BCUT2D eigenvalue weighted by Crippen LogP contribution is -2.46. The number of rotatable bonds is 2. The van der Waals surface area contributed by atoms with E-state index >= 15 is 0 Å². The molecule has 0 spiro atoms. The Kier molecular flexibility index (Phi) is 4.78. The van der Waals surface area contributed by atoms with Gasteiger partial charge in [-0.05, 0) is 45.0 Å². The molecule has 144 valence electrons. The number of piperidine rings is 1. The molecular weight excluding hydrogens is 342 g/mol. The number of β-amino-alcohol motifs (C(OH)–C–C–N with tert-alkyl or cyclic N) is 1. The Morgan fingerprint density at radius 3 is 2.63 bits per heavy atom. The molecule has 4 rings (SSSR count). The van der Waals surface area contributed by atoms with Crippen molar-refractivity contribution >= 4 is 16.8 Å². The summed E-state index contributed by atoms with van der Waals surface area (Å²) in [5, 5.41) is 11.1. The van der Waals surface area contributed by atoms with E-state index in [1.807, 2.05) is 36.7 Å². The molecule has 0 aliphatic carbocycles. The van der Waals surface area contributed by atoms with E-state index in [1.165, 1.54) is 6.42 Å². The first-order chi connectivity index (χ1) is 13.0. The number of pyridine rings is 1. The first-order valence-electron chi connectivity index (χ1n) is 9.77. The number of amides is 1. The molecule has 1 amide bonds. The lowest BCUT2D eigenvalue weighted by Gasteiger charge is -2.33. The number of hydrogen-bond donors (Lipinski definition) is 1. The van der Waals surface area contributed by atoms with E-state index in [0.29, 0.717) is 11.9 Å². The SMILES string of the molecule is Cc1ccc2c(c1)c(=O)c(C(=O)N1C[C@H](O)[C@@H](N3CCCCC3)C1)cn2C. The second-order valence-corrected chi connectivity index (χ2v) is 7.94. The molecule has 3 heterocycles. The number of carbonyl (C=O) groups is 1. The van der Waals surface area contributed by atoms with E-state index in [4.69, 9.17) is 0 Å². The summed E-state index contributed by atoms with van der Waals surface area (Å²) < 4.78 is 1.83. The van der Waals surface area contributed by atoms with Crippen LogP contribution < -0.4 is 5.43 Å². The Labute approximate surface area is 159 Å². The van der Waals surface area contributed by atoms with Crippen molar-refractivity contribution in [2.75, 3.05) is 26.2 Å². The summed E-state index contributed by atoms with van der Waals surface area (Å²) in [5.74, 6) is -0.280. The third kappa shape index (κ3) is 3.28. The topological polar surface area (TPSA) is 65.8 Å². The lowest BCUT2D eigenvalue weighted by molar-refractivity contribution is 0.0702. The minimum Gasteiger partial charge on any atom is -0.390 e. The van der Waals surface area contributed by atoms with Gasteiger partial charge >= 0.3 is 0 Å². The van der Waals surface area contributed by atoms with Crippen LogP contribution in [0.5, 0.6) is 0 Å². The summed E-state index contributed by atoms with van der Waals surface area (Å²) in [6, 6.07) is 5.68. The number of aliphatic hydroxyl groups is 1. The highest BCUT2D eigenvalue weighted by atomic mass is 16.3. The zero-order chi connectivity index (χ0) is 19.1. The molecule has 1 aromatic heterocycles. The predicted molar refractivity (Wildman–Crippen MR) is 105 cm³/mol. The Morgan fingerprint density at radius 1 is 1.15 bits per heavy atom. The quantitative estimate of drug-likeness (QED) is 0.872.